The number of benzene rings is 1. The average molecular weight is 304 g/mol. The van der Waals surface area contributed by atoms with Gasteiger partial charge in [-0.15, -0.1) is 0 Å². The van der Waals surface area contributed by atoms with Crippen LogP contribution in [0, 0.1) is 0 Å². The summed E-state index contributed by atoms with van der Waals surface area (Å²) < 4.78 is 0. The van der Waals surface area contributed by atoms with Crippen molar-refractivity contribution in [1.82, 2.24) is 10.6 Å². The summed E-state index contributed by atoms with van der Waals surface area (Å²) >= 11 is 0. The molecule has 1 aromatic carbocycles. The second kappa shape index (κ2) is 7.59. The maximum absolute atomic E-state index is 11.9. The highest BCUT2D eigenvalue weighted by atomic mass is 16.4. The number of carbonyl (C=O) groups is 3. The molecule has 2 rings (SSSR count). The smallest absolute Gasteiger partial charge is 0.326 e. The predicted molar refractivity (Wildman–Crippen MR) is 80.1 cm³/mol. The van der Waals surface area contributed by atoms with Crippen LogP contribution in [-0.4, -0.2) is 35.0 Å². The van der Waals surface area contributed by atoms with Gasteiger partial charge in [0.05, 0.1) is 0 Å². The number of hydrogen-bond acceptors (Lipinski definition) is 3. The summed E-state index contributed by atoms with van der Waals surface area (Å²) in [5.74, 6) is -1.34. The van der Waals surface area contributed by atoms with Crippen LogP contribution in [0.15, 0.2) is 30.3 Å². The van der Waals surface area contributed by atoms with Crippen LogP contribution in [0.3, 0.4) is 0 Å². The largest absolute Gasteiger partial charge is 0.480 e. The molecular formula is C16H20N2O4. The Morgan fingerprint density at radius 1 is 1.32 bits per heavy atom. The summed E-state index contributed by atoms with van der Waals surface area (Å²) in [7, 11) is 0. The van der Waals surface area contributed by atoms with Crippen LogP contribution < -0.4 is 10.6 Å². The molecule has 1 fully saturated rings. The number of nitrogens with one attached hydrogen (secondary N) is 2. The van der Waals surface area contributed by atoms with Crippen molar-refractivity contribution >= 4 is 17.8 Å². The van der Waals surface area contributed by atoms with Crippen molar-refractivity contribution in [3.63, 3.8) is 0 Å². The van der Waals surface area contributed by atoms with Gasteiger partial charge in [0.1, 0.15) is 6.04 Å². The molecule has 1 heterocycles. The Morgan fingerprint density at radius 3 is 2.64 bits per heavy atom. The van der Waals surface area contributed by atoms with E-state index in [1.54, 1.807) is 0 Å². The van der Waals surface area contributed by atoms with E-state index in [4.69, 9.17) is 0 Å². The van der Waals surface area contributed by atoms with Crippen LogP contribution in [0.4, 0.5) is 0 Å². The Hall–Kier alpha value is -2.37. The van der Waals surface area contributed by atoms with Crippen molar-refractivity contribution in [1.29, 1.82) is 0 Å². The van der Waals surface area contributed by atoms with Crippen LogP contribution in [0.1, 0.15) is 31.2 Å². The Bertz CT molecular complexity index is 544. The third-order valence-corrected chi connectivity index (χ3v) is 3.72. The average Bonchev–Trinajstić information content (AvgIpc) is 2.91. The summed E-state index contributed by atoms with van der Waals surface area (Å²) in [5, 5.41) is 14.6. The molecule has 22 heavy (non-hydrogen) atoms. The van der Waals surface area contributed by atoms with Gasteiger partial charge in [0, 0.05) is 25.3 Å². The van der Waals surface area contributed by atoms with Crippen LogP contribution in [0.5, 0.6) is 0 Å². The molecule has 1 aliphatic rings. The molecule has 0 spiro atoms. The van der Waals surface area contributed by atoms with E-state index < -0.39 is 12.0 Å². The van der Waals surface area contributed by atoms with Crippen LogP contribution in [-0.2, 0) is 20.8 Å². The van der Waals surface area contributed by atoms with E-state index in [1.807, 2.05) is 30.3 Å². The minimum absolute atomic E-state index is 0.0119. The highest BCUT2D eigenvalue weighted by Crippen LogP contribution is 2.12. The zero-order chi connectivity index (χ0) is 15.9. The summed E-state index contributed by atoms with van der Waals surface area (Å²) in [4.78, 5) is 34.2. The Kier molecular flexibility index (Phi) is 5.52. The molecule has 0 bridgehead atoms. The molecule has 118 valence electrons. The highest BCUT2D eigenvalue weighted by Gasteiger charge is 2.23. The van der Waals surface area contributed by atoms with E-state index in [0.29, 0.717) is 12.8 Å². The first-order chi connectivity index (χ1) is 10.5. The molecule has 2 amide bonds. The van der Waals surface area contributed by atoms with Gasteiger partial charge in [-0.05, 0) is 18.4 Å². The lowest BCUT2D eigenvalue weighted by atomic mass is 10.1. The van der Waals surface area contributed by atoms with Gasteiger partial charge in [-0.25, -0.2) is 4.79 Å². The summed E-state index contributed by atoms with van der Waals surface area (Å²) in [6.07, 6.45) is 2.23. The quantitative estimate of drug-likeness (QED) is 0.696. The third kappa shape index (κ3) is 4.87. The topological polar surface area (TPSA) is 95.5 Å². The van der Waals surface area contributed by atoms with E-state index in [-0.39, 0.29) is 30.7 Å². The molecule has 6 nitrogen and oxygen atoms in total. The van der Waals surface area contributed by atoms with Gasteiger partial charge in [-0.1, -0.05) is 30.3 Å². The van der Waals surface area contributed by atoms with Gasteiger partial charge in [-0.3, -0.25) is 9.59 Å². The van der Waals surface area contributed by atoms with Crippen molar-refractivity contribution in [2.24, 2.45) is 0 Å². The fourth-order valence-corrected chi connectivity index (χ4v) is 2.52. The van der Waals surface area contributed by atoms with Gasteiger partial charge in [-0.2, -0.15) is 0 Å². The van der Waals surface area contributed by atoms with E-state index in [9.17, 15) is 19.5 Å². The number of amides is 2. The highest BCUT2D eigenvalue weighted by molar-refractivity contribution is 5.84. The monoisotopic (exact) mass is 304 g/mol. The molecule has 1 saturated heterocycles. The fourth-order valence-electron chi connectivity index (χ4n) is 2.52. The molecule has 2 atom stereocenters. The first-order valence-corrected chi connectivity index (χ1v) is 7.40. The SMILES string of the molecule is O=C1CCC(CCC(=O)N[C@@H](Cc2ccccc2)C(=O)O)N1. The second-order valence-corrected chi connectivity index (χ2v) is 5.49. The zero-order valence-corrected chi connectivity index (χ0v) is 12.2. The number of aliphatic carboxylic acids is 1. The van der Waals surface area contributed by atoms with Gasteiger partial charge in [0.25, 0.3) is 0 Å². The molecule has 1 unspecified atom stereocenters. The van der Waals surface area contributed by atoms with Gasteiger partial charge in [0.2, 0.25) is 11.8 Å². The number of carbonyl (C=O) groups excluding carboxylic acids is 2. The Labute approximate surface area is 128 Å². The molecule has 3 N–H and O–H groups in total. The molecule has 0 aromatic heterocycles. The molecule has 0 saturated carbocycles. The minimum atomic E-state index is -1.05. The molecule has 1 aliphatic heterocycles. The number of hydrogen-bond donors (Lipinski definition) is 3. The lowest BCUT2D eigenvalue weighted by Crippen LogP contribution is -2.42. The zero-order valence-electron chi connectivity index (χ0n) is 12.2. The van der Waals surface area contributed by atoms with Crippen molar-refractivity contribution in [2.45, 2.75) is 44.2 Å². The van der Waals surface area contributed by atoms with Gasteiger partial charge >= 0.3 is 5.97 Å². The van der Waals surface area contributed by atoms with Gasteiger partial charge in [0.15, 0.2) is 0 Å². The van der Waals surface area contributed by atoms with Gasteiger partial charge < -0.3 is 15.7 Å². The molecular weight excluding hydrogens is 284 g/mol. The van der Waals surface area contributed by atoms with E-state index >= 15 is 0 Å². The maximum atomic E-state index is 11.9. The minimum Gasteiger partial charge on any atom is -0.480 e. The van der Waals surface area contributed by atoms with Crippen molar-refractivity contribution in [3.05, 3.63) is 35.9 Å². The normalized spacial score (nSPS) is 18.5. The first kappa shape index (κ1) is 16.0. The standard InChI is InChI=1S/C16H20N2O4/c19-14-8-6-12(17-14)7-9-15(20)18-13(16(21)22)10-11-4-2-1-3-5-11/h1-5,12-13H,6-10H2,(H,17,19)(H,18,20)(H,21,22)/t12?,13-/m0/s1. The Morgan fingerprint density at radius 2 is 2.05 bits per heavy atom. The summed E-state index contributed by atoms with van der Waals surface area (Å²) in [6.45, 7) is 0. The number of carboxylic acid groups (broad SMARTS) is 1. The van der Waals surface area contributed by atoms with Crippen molar-refractivity contribution < 1.29 is 19.5 Å². The third-order valence-electron chi connectivity index (χ3n) is 3.72. The molecule has 1 aromatic rings. The van der Waals surface area contributed by atoms with Crippen molar-refractivity contribution in [2.75, 3.05) is 0 Å². The number of rotatable bonds is 7. The molecule has 0 aliphatic carbocycles. The fraction of sp³-hybridized carbons (Fsp3) is 0.438. The number of carboxylic acids is 1. The first-order valence-electron chi connectivity index (χ1n) is 7.40. The Balaban J connectivity index is 1.81. The van der Waals surface area contributed by atoms with E-state index in [0.717, 1.165) is 12.0 Å². The van der Waals surface area contributed by atoms with E-state index in [1.165, 1.54) is 0 Å². The lowest BCUT2D eigenvalue weighted by Gasteiger charge is -2.15. The molecule has 6 heteroatoms. The maximum Gasteiger partial charge on any atom is 0.326 e. The predicted octanol–water partition coefficient (Wildman–Crippen LogP) is 0.857. The van der Waals surface area contributed by atoms with Crippen LogP contribution in [0.25, 0.3) is 0 Å². The second-order valence-electron chi connectivity index (χ2n) is 5.49. The lowest BCUT2D eigenvalue weighted by molar-refractivity contribution is -0.141. The van der Waals surface area contributed by atoms with Crippen LogP contribution in [0.2, 0.25) is 0 Å². The summed E-state index contributed by atoms with van der Waals surface area (Å²) in [6, 6.07) is 8.27. The van der Waals surface area contributed by atoms with E-state index in [2.05, 4.69) is 10.6 Å². The van der Waals surface area contributed by atoms with Crippen molar-refractivity contribution in [3.8, 4) is 0 Å². The molecule has 0 radical (unpaired) electrons. The van der Waals surface area contributed by atoms with Crippen LogP contribution >= 0.6 is 0 Å². The summed E-state index contributed by atoms with van der Waals surface area (Å²) in [5.41, 5.74) is 0.859.